The lowest BCUT2D eigenvalue weighted by Gasteiger charge is -2.01. The van der Waals surface area contributed by atoms with Gasteiger partial charge in [-0.25, -0.2) is 0 Å². The van der Waals surface area contributed by atoms with Crippen molar-refractivity contribution in [2.45, 2.75) is 39.5 Å². The molecular weight excluding hydrogens is 138 g/mol. The fourth-order valence-electron chi connectivity index (χ4n) is 0.758. The summed E-state index contributed by atoms with van der Waals surface area (Å²) in [7, 11) is 0. The van der Waals surface area contributed by atoms with E-state index >= 15 is 0 Å². The first-order valence-corrected chi connectivity index (χ1v) is 4.42. The minimum atomic E-state index is 0.0836. The van der Waals surface area contributed by atoms with Crippen LogP contribution in [0.25, 0.3) is 0 Å². The van der Waals surface area contributed by atoms with Gasteiger partial charge < -0.3 is 5.32 Å². The molecule has 0 fully saturated rings. The quantitative estimate of drug-likeness (QED) is 0.585. The van der Waals surface area contributed by atoms with Gasteiger partial charge in [0.25, 0.3) is 0 Å². The molecule has 0 heterocycles. The van der Waals surface area contributed by atoms with Crippen LogP contribution in [-0.2, 0) is 4.79 Å². The van der Waals surface area contributed by atoms with E-state index in [1.807, 2.05) is 6.92 Å². The van der Waals surface area contributed by atoms with E-state index < -0.39 is 0 Å². The first-order valence-electron chi connectivity index (χ1n) is 4.42. The predicted molar refractivity (Wildman–Crippen MR) is 47.1 cm³/mol. The summed E-state index contributed by atoms with van der Waals surface area (Å²) in [6, 6.07) is 0. The smallest absolute Gasteiger partial charge is 0.223 e. The molecule has 65 valence electrons. The molecule has 1 amide bonds. The molecule has 11 heavy (non-hydrogen) atoms. The maximum absolute atomic E-state index is 10.9. The fourth-order valence-corrected chi connectivity index (χ4v) is 0.758. The highest BCUT2D eigenvalue weighted by atomic mass is 16.1. The molecule has 0 spiro atoms. The summed E-state index contributed by atoms with van der Waals surface area (Å²) in [5, 5.41) is 2.80. The number of carbonyl (C=O) groups excluding carboxylic acids is 1. The van der Waals surface area contributed by atoms with Gasteiger partial charge in [0, 0.05) is 13.0 Å². The molecule has 0 saturated heterocycles. The molecule has 0 aromatic carbocycles. The third-order valence-electron chi connectivity index (χ3n) is 1.44. The average Bonchev–Trinajstić information content (AvgIpc) is 2.01. The van der Waals surface area contributed by atoms with E-state index in [4.69, 9.17) is 0 Å². The van der Waals surface area contributed by atoms with Gasteiger partial charge >= 0.3 is 0 Å². The third kappa shape index (κ3) is 7.37. The van der Waals surface area contributed by atoms with Gasteiger partial charge in [0.05, 0.1) is 0 Å². The highest BCUT2D eigenvalue weighted by Crippen LogP contribution is 1.96. The maximum Gasteiger partial charge on any atom is 0.223 e. The van der Waals surface area contributed by atoms with Gasteiger partial charge in [-0.2, -0.15) is 0 Å². The maximum atomic E-state index is 10.9. The summed E-state index contributed by atoms with van der Waals surface area (Å²) in [5.41, 5.74) is 0. The Labute approximate surface area is 69.4 Å². The minimum absolute atomic E-state index is 0.0836. The number of unbranched alkanes of at least 4 members (excludes halogenated alkanes) is 2. The average molecular weight is 156 g/mol. The fraction of sp³-hybridized carbons (Fsp3) is 0.778. The first kappa shape index (κ1) is 10.5. The van der Waals surface area contributed by atoms with Crippen molar-refractivity contribution in [3.05, 3.63) is 6.42 Å². The van der Waals surface area contributed by atoms with Crippen molar-refractivity contribution in [2.24, 2.45) is 0 Å². The Balaban J connectivity index is 3.09. The molecule has 0 unspecified atom stereocenters. The van der Waals surface area contributed by atoms with Gasteiger partial charge in [0.2, 0.25) is 5.91 Å². The van der Waals surface area contributed by atoms with Gasteiger partial charge in [-0.05, 0) is 12.8 Å². The normalized spacial score (nSPS) is 9.64. The molecule has 0 bridgehead atoms. The topological polar surface area (TPSA) is 29.1 Å². The molecule has 2 nitrogen and oxygen atoms in total. The molecule has 2 heteroatoms. The molecular formula is C9H18NO. The third-order valence-corrected chi connectivity index (χ3v) is 1.44. The van der Waals surface area contributed by atoms with E-state index in [2.05, 4.69) is 12.2 Å². The largest absolute Gasteiger partial charge is 0.356 e. The highest BCUT2D eigenvalue weighted by molar-refractivity contribution is 5.84. The van der Waals surface area contributed by atoms with Crippen LogP contribution in [0.5, 0.6) is 0 Å². The van der Waals surface area contributed by atoms with Crippen molar-refractivity contribution in [3.8, 4) is 0 Å². The second-order valence-corrected chi connectivity index (χ2v) is 2.64. The Morgan fingerprint density at radius 2 is 2.09 bits per heavy atom. The molecule has 0 aliphatic rings. The Hall–Kier alpha value is -0.530. The van der Waals surface area contributed by atoms with Gasteiger partial charge in [-0.1, -0.05) is 26.7 Å². The predicted octanol–water partition coefficient (Wildman–Crippen LogP) is 1.91. The van der Waals surface area contributed by atoms with Crippen LogP contribution in [0, 0.1) is 6.42 Å². The van der Waals surface area contributed by atoms with E-state index in [1.54, 1.807) is 6.42 Å². The Morgan fingerprint density at radius 3 is 2.64 bits per heavy atom. The van der Waals surface area contributed by atoms with Crippen molar-refractivity contribution < 1.29 is 4.79 Å². The van der Waals surface area contributed by atoms with E-state index in [0.29, 0.717) is 0 Å². The van der Waals surface area contributed by atoms with Gasteiger partial charge in [-0.3, -0.25) is 4.79 Å². The van der Waals surface area contributed by atoms with E-state index in [-0.39, 0.29) is 5.91 Å². The molecule has 0 aromatic rings. The second kappa shape index (κ2) is 7.58. The molecule has 1 N–H and O–H groups in total. The van der Waals surface area contributed by atoms with Gasteiger partial charge in [-0.15, -0.1) is 0 Å². The van der Waals surface area contributed by atoms with Crippen LogP contribution in [0.4, 0.5) is 0 Å². The van der Waals surface area contributed by atoms with E-state index in [1.165, 1.54) is 0 Å². The Morgan fingerprint density at radius 1 is 1.36 bits per heavy atom. The zero-order valence-corrected chi connectivity index (χ0v) is 7.52. The zero-order valence-electron chi connectivity index (χ0n) is 7.52. The zero-order chi connectivity index (χ0) is 8.53. The summed E-state index contributed by atoms with van der Waals surface area (Å²) in [6.45, 7) is 4.96. The van der Waals surface area contributed by atoms with E-state index in [0.717, 1.165) is 32.2 Å². The van der Waals surface area contributed by atoms with Crippen molar-refractivity contribution in [2.75, 3.05) is 6.54 Å². The Bertz CT molecular complexity index is 102. The molecule has 0 rings (SSSR count). The number of hydrogen-bond donors (Lipinski definition) is 1. The molecule has 0 atom stereocenters. The van der Waals surface area contributed by atoms with E-state index in [9.17, 15) is 4.79 Å². The molecule has 0 saturated carbocycles. The Kier molecular flexibility index (Phi) is 7.21. The molecule has 1 radical (unpaired) electrons. The number of hydrogen-bond acceptors (Lipinski definition) is 1. The first-order chi connectivity index (χ1) is 5.31. The molecule has 0 aliphatic carbocycles. The molecule has 0 aliphatic heterocycles. The SMILES string of the molecule is CCCC[CH]C(=O)NCCC. The van der Waals surface area contributed by atoms with Crippen molar-refractivity contribution in [1.29, 1.82) is 0 Å². The minimum Gasteiger partial charge on any atom is -0.356 e. The van der Waals surface area contributed by atoms with Crippen LogP contribution in [-0.4, -0.2) is 12.5 Å². The summed E-state index contributed by atoms with van der Waals surface area (Å²) in [6.07, 6.45) is 5.91. The van der Waals surface area contributed by atoms with Crippen molar-refractivity contribution >= 4 is 5.91 Å². The second-order valence-electron chi connectivity index (χ2n) is 2.64. The van der Waals surface area contributed by atoms with Crippen LogP contribution in [0.3, 0.4) is 0 Å². The molecule has 0 aromatic heterocycles. The lowest BCUT2D eigenvalue weighted by molar-refractivity contribution is -0.118. The van der Waals surface area contributed by atoms with Crippen molar-refractivity contribution in [3.63, 3.8) is 0 Å². The van der Waals surface area contributed by atoms with Crippen LogP contribution in [0.2, 0.25) is 0 Å². The summed E-state index contributed by atoms with van der Waals surface area (Å²) in [5.74, 6) is 0.0836. The van der Waals surface area contributed by atoms with Crippen LogP contribution in [0.1, 0.15) is 39.5 Å². The summed E-state index contributed by atoms with van der Waals surface area (Å²) < 4.78 is 0. The standard InChI is InChI=1S/C9H18NO/c1-3-5-6-7-9(11)10-8-4-2/h7H,3-6,8H2,1-2H3,(H,10,11). The number of amides is 1. The highest BCUT2D eigenvalue weighted by Gasteiger charge is 1.97. The number of rotatable bonds is 6. The lowest BCUT2D eigenvalue weighted by atomic mass is 10.2. The van der Waals surface area contributed by atoms with Crippen molar-refractivity contribution in [1.82, 2.24) is 5.32 Å². The van der Waals surface area contributed by atoms with Gasteiger partial charge in [0.1, 0.15) is 0 Å². The number of carbonyl (C=O) groups is 1. The van der Waals surface area contributed by atoms with Crippen LogP contribution < -0.4 is 5.32 Å². The van der Waals surface area contributed by atoms with Crippen LogP contribution in [0.15, 0.2) is 0 Å². The summed E-state index contributed by atoms with van der Waals surface area (Å²) in [4.78, 5) is 10.9. The summed E-state index contributed by atoms with van der Waals surface area (Å²) >= 11 is 0. The van der Waals surface area contributed by atoms with Crippen LogP contribution >= 0.6 is 0 Å². The lowest BCUT2D eigenvalue weighted by Crippen LogP contribution is -2.23. The monoisotopic (exact) mass is 156 g/mol. The van der Waals surface area contributed by atoms with Gasteiger partial charge in [0.15, 0.2) is 0 Å². The number of nitrogens with one attached hydrogen (secondary N) is 1.